The van der Waals surface area contributed by atoms with E-state index >= 15 is 0 Å². The van der Waals surface area contributed by atoms with Gasteiger partial charge in [-0.25, -0.2) is 0 Å². The van der Waals surface area contributed by atoms with Crippen molar-refractivity contribution in [3.8, 4) is 0 Å². The Hall–Kier alpha value is -1.03. The van der Waals surface area contributed by atoms with Crippen molar-refractivity contribution in [3.05, 3.63) is 11.8 Å². The highest BCUT2D eigenvalue weighted by Gasteiger charge is 2.25. The van der Waals surface area contributed by atoms with Gasteiger partial charge in [-0.15, -0.1) is 0 Å². The van der Waals surface area contributed by atoms with Crippen LogP contribution in [0.2, 0.25) is 0 Å². The van der Waals surface area contributed by atoms with Crippen molar-refractivity contribution in [1.29, 1.82) is 0 Å². The lowest BCUT2D eigenvalue weighted by molar-refractivity contribution is -0.147. The number of hydrogen-bond acceptors (Lipinski definition) is 3. The zero-order chi connectivity index (χ0) is 8.59. The molecule has 0 fully saturated rings. The van der Waals surface area contributed by atoms with Gasteiger partial charge in [0, 0.05) is 25.9 Å². The lowest BCUT2D eigenvalue weighted by Gasteiger charge is -2.34. The van der Waals surface area contributed by atoms with Gasteiger partial charge in [0.05, 0.1) is 0 Å². The van der Waals surface area contributed by atoms with Crippen LogP contribution in [0.5, 0.6) is 0 Å². The third kappa shape index (κ3) is 1.21. The van der Waals surface area contributed by atoms with Crippen LogP contribution in [0.1, 0.15) is 6.92 Å². The van der Waals surface area contributed by atoms with Crippen molar-refractivity contribution in [3.63, 3.8) is 0 Å². The normalized spacial score (nSPS) is 25.6. The van der Waals surface area contributed by atoms with Crippen LogP contribution in [-0.2, 0) is 4.79 Å². The average molecular weight is 156 g/mol. The number of aliphatic hydroxyl groups is 1. The van der Waals surface area contributed by atoms with Crippen molar-refractivity contribution < 1.29 is 9.90 Å². The summed E-state index contributed by atoms with van der Waals surface area (Å²) in [7, 11) is 3.29. The molecule has 62 valence electrons. The van der Waals surface area contributed by atoms with E-state index in [0.717, 1.165) is 0 Å². The van der Waals surface area contributed by atoms with Crippen molar-refractivity contribution in [2.24, 2.45) is 0 Å². The highest BCUT2D eigenvalue weighted by atomic mass is 16.3. The molecular weight excluding hydrogens is 144 g/mol. The van der Waals surface area contributed by atoms with Crippen LogP contribution in [0.4, 0.5) is 0 Å². The van der Waals surface area contributed by atoms with Crippen LogP contribution < -0.4 is 0 Å². The molecule has 1 heterocycles. The number of carbonyl (C=O) groups excluding carboxylic acids is 1. The fraction of sp³-hybridized carbons (Fsp3) is 0.571. The first-order valence-corrected chi connectivity index (χ1v) is 3.39. The molecule has 0 spiro atoms. The second-order valence-electron chi connectivity index (χ2n) is 2.74. The van der Waals surface area contributed by atoms with E-state index in [-0.39, 0.29) is 5.91 Å². The Morgan fingerprint density at radius 2 is 2.09 bits per heavy atom. The minimum atomic E-state index is -0.828. The Bertz CT molecular complexity index is 212. The van der Waals surface area contributed by atoms with Crippen LogP contribution in [0.25, 0.3) is 0 Å². The molecule has 11 heavy (non-hydrogen) atoms. The Kier molecular flexibility index (Phi) is 1.87. The summed E-state index contributed by atoms with van der Waals surface area (Å²) in [6.07, 6.45) is 0.804. The standard InChI is InChI=1S/C7H12N2O2/c1-5-4-8(2)7(11)9(3)6(5)10/h4,7,11H,1-3H3. The van der Waals surface area contributed by atoms with E-state index in [0.29, 0.717) is 5.57 Å². The highest BCUT2D eigenvalue weighted by molar-refractivity contribution is 5.93. The summed E-state index contributed by atoms with van der Waals surface area (Å²) in [6.45, 7) is 1.72. The summed E-state index contributed by atoms with van der Waals surface area (Å²) in [5, 5.41) is 9.32. The van der Waals surface area contributed by atoms with Gasteiger partial charge in [-0.3, -0.25) is 9.69 Å². The van der Waals surface area contributed by atoms with Gasteiger partial charge in [0.25, 0.3) is 5.91 Å². The van der Waals surface area contributed by atoms with Crippen LogP contribution in [0, 0.1) is 0 Å². The molecule has 4 heteroatoms. The van der Waals surface area contributed by atoms with E-state index in [4.69, 9.17) is 0 Å². The molecule has 0 bridgehead atoms. The number of amides is 1. The van der Waals surface area contributed by atoms with E-state index in [1.807, 2.05) is 0 Å². The van der Waals surface area contributed by atoms with Crippen molar-refractivity contribution in [2.45, 2.75) is 13.3 Å². The topological polar surface area (TPSA) is 43.8 Å². The van der Waals surface area contributed by atoms with E-state index in [2.05, 4.69) is 0 Å². The van der Waals surface area contributed by atoms with Gasteiger partial charge in [-0.05, 0) is 6.92 Å². The number of likely N-dealkylation sites (N-methyl/N-ethyl adjacent to an activating group) is 1. The summed E-state index contributed by atoms with van der Waals surface area (Å²) in [5.74, 6) is -0.129. The quantitative estimate of drug-likeness (QED) is 0.517. The summed E-state index contributed by atoms with van der Waals surface area (Å²) < 4.78 is 0. The van der Waals surface area contributed by atoms with Gasteiger partial charge in [0.1, 0.15) is 0 Å². The van der Waals surface area contributed by atoms with Crippen molar-refractivity contribution >= 4 is 5.91 Å². The molecule has 1 unspecified atom stereocenters. The Morgan fingerprint density at radius 3 is 2.64 bits per heavy atom. The predicted octanol–water partition coefficient (Wildman–Crippen LogP) is -0.430. The minimum Gasteiger partial charge on any atom is -0.356 e. The molecule has 0 saturated heterocycles. The molecule has 4 nitrogen and oxygen atoms in total. The molecule has 1 amide bonds. The van der Waals surface area contributed by atoms with E-state index < -0.39 is 6.35 Å². The molecule has 1 aliphatic heterocycles. The lowest BCUT2D eigenvalue weighted by Crippen LogP contribution is -2.49. The van der Waals surface area contributed by atoms with Gasteiger partial charge >= 0.3 is 0 Å². The minimum absolute atomic E-state index is 0.129. The molecule has 0 saturated carbocycles. The molecule has 0 aromatic carbocycles. The Balaban J connectivity index is 2.92. The number of rotatable bonds is 0. The van der Waals surface area contributed by atoms with Gasteiger partial charge in [-0.2, -0.15) is 0 Å². The Morgan fingerprint density at radius 1 is 1.55 bits per heavy atom. The monoisotopic (exact) mass is 156 g/mol. The average Bonchev–Trinajstić information content (AvgIpc) is 1.97. The summed E-state index contributed by atoms with van der Waals surface area (Å²) in [6, 6.07) is 0. The van der Waals surface area contributed by atoms with Crippen LogP contribution in [0.15, 0.2) is 11.8 Å². The molecule has 1 atom stereocenters. The molecule has 0 aromatic rings. The van der Waals surface area contributed by atoms with Crippen molar-refractivity contribution in [2.75, 3.05) is 14.1 Å². The van der Waals surface area contributed by atoms with Crippen LogP contribution >= 0.6 is 0 Å². The fourth-order valence-electron chi connectivity index (χ4n) is 1.08. The third-order valence-corrected chi connectivity index (χ3v) is 1.77. The van der Waals surface area contributed by atoms with Crippen LogP contribution in [-0.4, -0.2) is 41.3 Å². The molecule has 1 rings (SSSR count). The predicted molar refractivity (Wildman–Crippen MR) is 40.3 cm³/mol. The van der Waals surface area contributed by atoms with Gasteiger partial charge < -0.3 is 10.0 Å². The number of nitrogens with zero attached hydrogens (tertiary/aromatic N) is 2. The second-order valence-corrected chi connectivity index (χ2v) is 2.74. The summed E-state index contributed by atoms with van der Waals surface area (Å²) in [4.78, 5) is 14.0. The summed E-state index contributed by atoms with van der Waals surface area (Å²) >= 11 is 0. The smallest absolute Gasteiger partial charge is 0.254 e. The van der Waals surface area contributed by atoms with Crippen LogP contribution in [0.3, 0.4) is 0 Å². The van der Waals surface area contributed by atoms with Gasteiger partial charge in [-0.1, -0.05) is 0 Å². The zero-order valence-electron chi connectivity index (χ0n) is 6.90. The van der Waals surface area contributed by atoms with E-state index in [9.17, 15) is 9.90 Å². The number of carbonyl (C=O) groups is 1. The first-order chi connectivity index (χ1) is 5.04. The fourth-order valence-corrected chi connectivity index (χ4v) is 1.08. The molecule has 0 aliphatic carbocycles. The maximum Gasteiger partial charge on any atom is 0.254 e. The van der Waals surface area contributed by atoms with E-state index in [1.54, 1.807) is 32.1 Å². The largest absolute Gasteiger partial charge is 0.356 e. The Labute approximate surface area is 65.7 Å². The molecule has 0 aromatic heterocycles. The third-order valence-electron chi connectivity index (χ3n) is 1.77. The molecule has 1 aliphatic rings. The highest BCUT2D eigenvalue weighted by Crippen LogP contribution is 2.12. The molecular formula is C7H12N2O2. The molecule has 1 N–H and O–H groups in total. The zero-order valence-corrected chi connectivity index (χ0v) is 6.90. The van der Waals surface area contributed by atoms with E-state index in [1.165, 1.54) is 4.90 Å². The number of aliphatic hydroxyl groups excluding tert-OH is 1. The molecule has 0 radical (unpaired) electrons. The van der Waals surface area contributed by atoms with Gasteiger partial charge in [0.15, 0.2) is 0 Å². The number of hydrogen-bond donors (Lipinski definition) is 1. The van der Waals surface area contributed by atoms with Crippen molar-refractivity contribution in [1.82, 2.24) is 9.80 Å². The SMILES string of the molecule is CC1=CN(C)C(O)N(C)C1=O. The maximum absolute atomic E-state index is 11.2. The lowest BCUT2D eigenvalue weighted by atomic mass is 10.2. The maximum atomic E-state index is 11.2. The first-order valence-electron chi connectivity index (χ1n) is 3.39. The first kappa shape index (κ1) is 8.07. The van der Waals surface area contributed by atoms with Gasteiger partial charge in [0.2, 0.25) is 6.35 Å². The summed E-state index contributed by atoms with van der Waals surface area (Å²) in [5.41, 5.74) is 0.639. The second kappa shape index (κ2) is 2.54.